The molecule has 0 fully saturated rings. The van der Waals surface area contributed by atoms with Gasteiger partial charge in [0.2, 0.25) is 5.91 Å². The largest absolute Gasteiger partial charge is 0.346 e. The monoisotopic (exact) mass is 308 g/mol. The third-order valence-corrected chi connectivity index (χ3v) is 4.04. The van der Waals surface area contributed by atoms with Gasteiger partial charge in [0, 0.05) is 26.0 Å². The number of thioether (sulfide) groups is 1. The number of aryl methyl sites for hydroxylation is 2. The Morgan fingerprint density at radius 2 is 2.33 bits per heavy atom. The zero-order chi connectivity index (χ0) is 15.2. The van der Waals surface area contributed by atoms with Crippen LogP contribution in [0.15, 0.2) is 23.9 Å². The molecular weight excluding hydrogens is 288 g/mol. The third-order valence-electron chi connectivity index (χ3n) is 2.98. The Morgan fingerprint density at radius 3 is 3.00 bits per heavy atom. The van der Waals surface area contributed by atoms with Crippen molar-refractivity contribution in [2.75, 3.05) is 5.75 Å². The topological polar surface area (TPSA) is 77.6 Å². The van der Waals surface area contributed by atoms with Crippen LogP contribution in [0, 0.1) is 0 Å². The van der Waals surface area contributed by atoms with E-state index in [-0.39, 0.29) is 11.9 Å². The number of carbonyl (C=O) groups is 1. The second kappa shape index (κ2) is 7.26. The first-order valence-electron chi connectivity index (χ1n) is 6.89. The van der Waals surface area contributed by atoms with E-state index in [1.807, 2.05) is 29.3 Å². The molecule has 0 saturated carbocycles. The number of nitrogens with zero attached hydrogens (tertiary/aromatic N) is 5. The Morgan fingerprint density at radius 1 is 1.52 bits per heavy atom. The van der Waals surface area contributed by atoms with Crippen LogP contribution in [0.25, 0.3) is 0 Å². The summed E-state index contributed by atoms with van der Waals surface area (Å²) in [4.78, 5) is 16.2. The molecule has 0 aromatic carbocycles. The van der Waals surface area contributed by atoms with Gasteiger partial charge in [-0.05, 0) is 13.3 Å². The van der Waals surface area contributed by atoms with Crippen LogP contribution >= 0.6 is 11.8 Å². The molecule has 0 bridgehead atoms. The number of nitrogens with one attached hydrogen (secondary N) is 1. The molecular formula is C13H20N6OS. The minimum absolute atomic E-state index is 0.0402. The third kappa shape index (κ3) is 4.07. The van der Waals surface area contributed by atoms with E-state index in [1.165, 1.54) is 11.8 Å². The lowest BCUT2D eigenvalue weighted by Gasteiger charge is -2.14. The predicted molar refractivity (Wildman–Crippen MR) is 80.8 cm³/mol. The van der Waals surface area contributed by atoms with Crippen LogP contribution in [0.1, 0.15) is 32.1 Å². The molecule has 8 heteroatoms. The van der Waals surface area contributed by atoms with Crippen LogP contribution in [0.2, 0.25) is 0 Å². The average Bonchev–Trinajstić information content (AvgIpc) is 3.06. The second-order valence-corrected chi connectivity index (χ2v) is 5.72. The first-order chi connectivity index (χ1) is 10.1. The van der Waals surface area contributed by atoms with Crippen LogP contribution < -0.4 is 5.32 Å². The molecule has 1 atom stereocenters. The highest BCUT2D eigenvalue weighted by atomic mass is 32.2. The highest BCUT2D eigenvalue weighted by Gasteiger charge is 2.16. The van der Waals surface area contributed by atoms with Crippen LogP contribution in [-0.4, -0.2) is 36.0 Å². The normalized spacial score (nSPS) is 12.3. The van der Waals surface area contributed by atoms with Gasteiger partial charge in [-0.3, -0.25) is 4.79 Å². The number of carbonyl (C=O) groups excluding carboxylic acids is 1. The molecule has 1 N–H and O–H groups in total. The zero-order valence-electron chi connectivity index (χ0n) is 12.5. The first kappa shape index (κ1) is 15.6. The number of imidazole rings is 1. The van der Waals surface area contributed by atoms with Gasteiger partial charge in [-0.1, -0.05) is 18.7 Å². The van der Waals surface area contributed by atoms with E-state index in [0.29, 0.717) is 5.75 Å². The fraction of sp³-hybridized carbons (Fsp3) is 0.538. The summed E-state index contributed by atoms with van der Waals surface area (Å²) in [6.07, 6.45) is 6.27. The summed E-state index contributed by atoms with van der Waals surface area (Å²) >= 11 is 1.41. The van der Waals surface area contributed by atoms with Crippen molar-refractivity contribution in [2.24, 2.45) is 7.05 Å². The minimum atomic E-state index is -0.159. The summed E-state index contributed by atoms with van der Waals surface area (Å²) in [6.45, 7) is 4.86. The minimum Gasteiger partial charge on any atom is -0.346 e. The summed E-state index contributed by atoms with van der Waals surface area (Å²) in [5, 5.41) is 11.8. The van der Waals surface area contributed by atoms with Crippen LogP contribution in [0.5, 0.6) is 0 Å². The van der Waals surface area contributed by atoms with Gasteiger partial charge >= 0.3 is 0 Å². The summed E-state index contributed by atoms with van der Waals surface area (Å²) in [6, 6.07) is -0.159. The van der Waals surface area contributed by atoms with Gasteiger partial charge in [-0.15, -0.1) is 10.2 Å². The molecule has 0 radical (unpaired) electrons. The first-order valence-corrected chi connectivity index (χ1v) is 7.87. The van der Waals surface area contributed by atoms with E-state index in [0.717, 1.165) is 23.9 Å². The maximum Gasteiger partial charge on any atom is 0.231 e. The number of hydrogen-bond acceptors (Lipinski definition) is 5. The lowest BCUT2D eigenvalue weighted by Crippen LogP contribution is -2.30. The van der Waals surface area contributed by atoms with Crippen molar-refractivity contribution >= 4 is 17.7 Å². The van der Waals surface area contributed by atoms with E-state index >= 15 is 0 Å². The Balaban J connectivity index is 1.87. The van der Waals surface area contributed by atoms with E-state index < -0.39 is 0 Å². The molecule has 0 unspecified atom stereocenters. The van der Waals surface area contributed by atoms with Crippen molar-refractivity contribution in [1.29, 1.82) is 0 Å². The predicted octanol–water partition coefficient (Wildman–Crippen LogP) is 1.39. The van der Waals surface area contributed by atoms with Crippen molar-refractivity contribution in [2.45, 2.75) is 38.0 Å². The summed E-state index contributed by atoms with van der Waals surface area (Å²) in [7, 11) is 1.91. The molecule has 2 rings (SSSR count). The van der Waals surface area contributed by atoms with Crippen molar-refractivity contribution in [3.05, 3.63) is 24.5 Å². The molecule has 7 nitrogen and oxygen atoms in total. The fourth-order valence-electron chi connectivity index (χ4n) is 1.98. The van der Waals surface area contributed by atoms with E-state index in [9.17, 15) is 4.79 Å². The second-order valence-electron chi connectivity index (χ2n) is 4.78. The molecule has 0 aliphatic carbocycles. The molecule has 2 aromatic heterocycles. The molecule has 1 amide bonds. The SMILES string of the molecule is CCCn1cnnc1[C@@H](C)NC(=O)CSc1nccn1C. The summed E-state index contributed by atoms with van der Waals surface area (Å²) in [5.74, 6) is 1.07. The van der Waals surface area contributed by atoms with Crippen LogP contribution in [0.4, 0.5) is 0 Å². The Labute approximate surface area is 128 Å². The smallest absolute Gasteiger partial charge is 0.231 e. The molecule has 21 heavy (non-hydrogen) atoms. The zero-order valence-corrected chi connectivity index (χ0v) is 13.3. The van der Waals surface area contributed by atoms with Gasteiger partial charge in [0.1, 0.15) is 6.33 Å². The standard InChI is InChI=1S/C13H20N6OS/c1-4-6-19-9-15-17-12(19)10(2)16-11(20)8-21-13-14-5-7-18(13)3/h5,7,9-10H,4,6,8H2,1-3H3,(H,16,20)/t10-/m1/s1. The van der Waals surface area contributed by atoms with Gasteiger partial charge in [0.15, 0.2) is 11.0 Å². The number of aromatic nitrogens is 5. The molecule has 2 heterocycles. The van der Waals surface area contributed by atoms with Crippen molar-refractivity contribution in [1.82, 2.24) is 29.6 Å². The highest BCUT2D eigenvalue weighted by molar-refractivity contribution is 7.99. The molecule has 0 spiro atoms. The van der Waals surface area contributed by atoms with Gasteiger partial charge in [0.25, 0.3) is 0 Å². The fourth-order valence-corrected chi connectivity index (χ4v) is 2.72. The maximum atomic E-state index is 12.0. The quantitative estimate of drug-likeness (QED) is 0.782. The molecule has 2 aromatic rings. The maximum absolute atomic E-state index is 12.0. The van der Waals surface area contributed by atoms with Crippen molar-refractivity contribution in [3.8, 4) is 0 Å². The molecule has 0 aliphatic rings. The highest BCUT2D eigenvalue weighted by Crippen LogP contribution is 2.15. The van der Waals surface area contributed by atoms with Gasteiger partial charge in [0.05, 0.1) is 11.8 Å². The number of rotatable bonds is 7. The van der Waals surface area contributed by atoms with Crippen molar-refractivity contribution in [3.63, 3.8) is 0 Å². The van der Waals surface area contributed by atoms with E-state index in [4.69, 9.17) is 0 Å². The molecule has 114 valence electrons. The number of hydrogen-bond donors (Lipinski definition) is 1. The van der Waals surface area contributed by atoms with Gasteiger partial charge in [-0.2, -0.15) is 0 Å². The molecule has 0 aliphatic heterocycles. The Bertz CT molecular complexity index is 593. The van der Waals surface area contributed by atoms with Crippen molar-refractivity contribution < 1.29 is 4.79 Å². The van der Waals surface area contributed by atoms with Gasteiger partial charge < -0.3 is 14.5 Å². The van der Waals surface area contributed by atoms with E-state index in [2.05, 4.69) is 27.4 Å². The van der Waals surface area contributed by atoms with Gasteiger partial charge in [-0.25, -0.2) is 4.98 Å². The number of amides is 1. The summed E-state index contributed by atoms with van der Waals surface area (Å²) < 4.78 is 3.86. The van der Waals surface area contributed by atoms with Crippen LogP contribution in [0.3, 0.4) is 0 Å². The Kier molecular flexibility index (Phi) is 5.38. The lowest BCUT2D eigenvalue weighted by atomic mass is 10.3. The average molecular weight is 308 g/mol. The van der Waals surface area contributed by atoms with Crippen LogP contribution in [-0.2, 0) is 18.4 Å². The summed E-state index contributed by atoms with van der Waals surface area (Å²) in [5.41, 5.74) is 0. The lowest BCUT2D eigenvalue weighted by molar-refractivity contribution is -0.119. The molecule has 0 saturated heterocycles. The Hall–Kier alpha value is -1.83. The van der Waals surface area contributed by atoms with E-state index in [1.54, 1.807) is 12.5 Å².